The third kappa shape index (κ3) is 4.05. The van der Waals surface area contributed by atoms with Crippen LogP contribution in [-0.4, -0.2) is 24.3 Å². The number of hydrogen-bond acceptors (Lipinski definition) is 2. The van der Waals surface area contributed by atoms with Crippen LogP contribution in [0.5, 0.6) is 0 Å². The van der Waals surface area contributed by atoms with Gasteiger partial charge in [0.25, 0.3) is 0 Å². The van der Waals surface area contributed by atoms with E-state index in [4.69, 9.17) is 11.6 Å². The summed E-state index contributed by atoms with van der Waals surface area (Å²) in [6, 6.07) is 7.91. The first-order chi connectivity index (χ1) is 9.06. The molecule has 1 aromatic rings. The third-order valence-electron chi connectivity index (χ3n) is 3.96. The molecule has 0 radical (unpaired) electrons. The maximum absolute atomic E-state index is 11.9. The van der Waals surface area contributed by atoms with Crippen LogP contribution in [0.25, 0.3) is 0 Å². The van der Waals surface area contributed by atoms with E-state index in [-0.39, 0.29) is 5.92 Å². The van der Waals surface area contributed by atoms with Crippen molar-refractivity contribution in [1.82, 2.24) is 4.90 Å². The second-order valence-corrected chi connectivity index (χ2v) is 6.24. The molecule has 104 valence electrons. The summed E-state index contributed by atoms with van der Waals surface area (Å²) < 4.78 is 0. The van der Waals surface area contributed by atoms with Crippen molar-refractivity contribution in [1.29, 1.82) is 0 Å². The number of carbonyl (C=O) groups is 1. The van der Waals surface area contributed by atoms with Crippen LogP contribution in [0.15, 0.2) is 24.3 Å². The van der Waals surface area contributed by atoms with Crippen molar-refractivity contribution >= 4 is 17.4 Å². The van der Waals surface area contributed by atoms with Gasteiger partial charge in [-0.05, 0) is 37.4 Å². The molecule has 1 fully saturated rings. The summed E-state index contributed by atoms with van der Waals surface area (Å²) in [5, 5.41) is 0.803. The predicted octanol–water partition coefficient (Wildman–Crippen LogP) is 3.78. The lowest BCUT2D eigenvalue weighted by atomic mass is 9.81. The first kappa shape index (κ1) is 14.5. The molecule has 1 aliphatic rings. The van der Waals surface area contributed by atoms with Gasteiger partial charge < -0.3 is 4.90 Å². The van der Waals surface area contributed by atoms with Gasteiger partial charge in [0, 0.05) is 30.5 Å². The molecular weight excluding hydrogens is 258 g/mol. The third-order valence-corrected chi connectivity index (χ3v) is 4.32. The number of nitrogens with zero attached hydrogens (tertiary/aromatic N) is 1. The largest absolute Gasteiger partial charge is 0.301 e. The average Bonchev–Trinajstić information content (AvgIpc) is 2.37. The van der Waals surface area contributed by atoms with Crippen LogP contribution in [0.4, 0.5) is 0 Å². The molecule has 0 amide bonds. The molecule has 0 spiro atoms. The molecule has 0 aliphatic heterocycles. The Morgan fingerprint density at radius 2 is 2.11 bits per heavy atom. The Hall–Kier alpha value is -0.860. The lowest BCUT2D eigenvalue weighted by molar-refractivity contribution is -0.126. The van der Waals surface area contributed by atoms with E-state index in [0.717, 1.165) is 42.9 Å². The molecule has 19 heavy (non-hydrogen) atoms. The van der Waals surface area contributed by atoms with Gasteiger partial charge in [-0.25, -0.2) is 0 Å². The first-order valence-corrected chi connectivity index (χ1v) is 7.38. The molecule has 2 rings (SSSR count). The van der Waals surface area contributed by atoms with Crippen molar-refractivity contribution in [3.63, 3.8) is 0 Å². The van der Waals surface area contributed by atoms with Gasteiger partial charge in [0.15, 0.2) is 0 Å². The average molecular weight is 280 g/mol. The molecule has 1 aliphatic carbocycles. The summed E-state index contributed by atoms with van der Waals surface area (Å²) in [6.45, 7) is 3.89. The van der Waals surface area contributed by atoms with E-state index in [1.165, 1.54) is 0 Å². The van der Waals surface area contributed by atoms with E-state index >= 15 is 0 Å². The summed E-state index contributed by atoms with van der Waals surface area (Å²) >= 11 is 6.17. The molecule has 0 saturated heterocycles. The number of halogens is 1. The van der Waals surface area contributed by atoms with Crippen LogP contribution >= 0.6 is 11.6 Å². The summed E-state index contributed by atoms with van der Waals surface area (Å²) in [6.07, 6.45) is 2.85. The number of rotatable bonds is 4. The zero-order valence-electron chi connectivity index (χ0n) is 11.7. The van der Waals surface area contributed by atoms with Gasteiger partial charge in [0.05, 0.1) is 0 Å². The van der Waals surface area contributed by atoms with Crippen molar-refractivity contribution in [2.45, 2.75) is 32.7 Å². The Balaban J connectivity index is 1.92. The van der Waals surface area contributed by atoms with E-state index < -0.39 is 0 Å². The SMILES string of the molecule is CC1CCC(=O)C(CN(C)Cc2ccccc2Cl)C1. The second kappa shape index (κ2) is 6.53. The van der Waals surface area contributed by atoms with Gasteiger partial charge in [-0.3, -0.25) is 4.79 Å². The summed E-state index contributed by atoms with van der Waals surface area (Å²) in [5.74, 6) is 1.32. The van der Waals surface area contributed by atoms with Crippen molar-refractivity contribution in [3.8, 4) is 0 Å². The van der Waals surface area contributed by atoms with Gasteiger partial charge in [0.1, 0.15) is 5.78 Å². The zero-order chi connectivity index (χ0) is 13.8. The lowest BCUT2D eigenvalue weighted by Gasteiger charge is -2.29. The quantitative estimate of drug-likeness (QED) is 0.836. The van der Waals surface area contributed by atoms with Crippen LogP contribution in [0.3, 0.4) is 0 Å². The van der Waals surface area contributed by atoms with Crippen LogP contribution in [-0.2, 0) is 11.3 Å². The number of Topliss-reactive ketones (excluding diaryl/α,β-unsaturated/α-hetero) is 1. The Morgan fingerprint density at radius 3 is 2.84 bits per heavy atom. The maximum atomic E-state index is 11.9. The molecule has 0 heterocycles. The number of ketones is 1. The van der Waals surface area contributed by atoms with Crippen LogP contribution in [0, 0.1) is 11.8 Å². The monoisotopic (exact) mass is 279 g/mol. The normalized spacial score (nSPS) is 23.9. The van der Waals surface area contributed by atoms with Crippen LogP contribution in [0.1, 0.15) is 31.7 Å². The molecule has 0 N–H and O–H groups in total. The standard InChI is InChI=1S/C16H22ClNO/c1-12-7-8-16(19)14(9-12)11-18(2)10-13-5-3-4-6-15(13)17/h3-6,12,14H,7-11H2,1-2H3. The summed E-state index contributed by atoms with van der Waals surface area (Å²) in [4.78, 5) is 14.2. The molecule has 2 unspecified atom stereocenters. The molecule has 1 aromatic carbocycles. The van der Waals surface area contributed by atoms with Gasteiger partial charge in [-0.15, -0.1) is 0 Å². The van der Waals surface area contributed by atoms with Crippen LogP contribution < -0.4 is 0 Å². The van der Waals surface area contributed by atoms with Crippen LogP contribution in [0.2, 0.25) is 5.02 Å². The van der Waals surface area contributed by atoms with Gasteiger partial charge in [-0.1, -0.05) is 36.7 Å². The minimum atomic E-state index is 0.205. The van der Waals surface area contributed by atoms with Gasteiger partial charge in [-0.2, -0.15) is 0 Å². The number of hydrogen-bond donors (Lipinski definition) is 0. The number of carbonyl (C=O) groups excluding carboxylic acids is 1. The van der Waals surface area contributed by atoms with Crippen molar-refractivity contribution in [2.24, 2.45) is 11.8 Å². The predicted molar refractivity (Wildman–Crippen MR) is 79.3 cm³/mol. The van der Waals surface area contributed by atoms with E-state index in [2.05, 4.69) is 18.9 Å². The highest BCUT2D eigenvalue weighted by Gasteiger charge is 2.27. The molecule has 2 nitrogen and oxygen atoms in total. The van der Waals surface area contributed by atoms with E-state index in [9.17, 15) is 4.79 Å². The topological polar surface area (TPSA) is 20.3 Å². The van der Waals surface area contributed by atoms with Gasteiger partial charge >= 0.3 is 0 Å². The van der Waals surface area contributed by atoms with E-state index in [0.29, 0.717) is 11.7 Å². The lowest BCUT2D eigenvalue weighted by Crippen LogP contribution is -2.34. The van der Waals surface area contributed by atoms with Gasteiger partial charge in [0.2, 0.25) is 0 Å². The highest BCUT2D eigenvalue weighted by Crippen LogP contribution is 2.27. The van der Waals surface area contributed by atoms with Crippen molar-refractivity contribution in [3.05, 3.63) is 34.9 Å². The molecular formula is C16H22ClNO. The highest BCUT2D eigenvalue weighted by molar-refractivity contribution is 6.31. The fraction of sp³-hybridized carbons (Fsp3) is 0.562. The Morgan fingerprint density at radius 1 is 1.37 bits per heavy atom. The smallest absolute Gasteiger partial charge is 0.137 e. The Bertz CT molecular complexity index is 446. The maximum Gasteiger partial charge on any atom is 0.137 e. The van der Waals surface area contributed by atoms with Crippen molar-refractivity contribution in [2.75, 3.05) is 13.6 Å². The molecule has 3 heteroatoms. The molecule has 1 saturated carbocycles. The molecule has 0 aromatic heterocycles. The fourth-order valence-electron chi connectivity index (χ4n) is 2.86. The Kier molecular flexibility index (Phi) is 5.00. The summed E-state index contributed by atoms with van der Waals surface area (Å²) in [7, 11) is 2.07. The van der Waals surface area contributed by atoms with E-state index in [1.807, 2.05) is 24.3 Å². The number of benzene rings is 1. The highest BCUT2D eigenvalue weighted by atomic mass is 35.5. The minimum absolute atomic E-state index is 0.205. The second-order valence-electron chi connectivity index (χ2n) is 5.83. The summed E-state index contributed by atoms with van der Waals surface area (Å²) in [5.41, 5.74) is 1.13. The zero-order valence-corrected chi connectivity index (χ0v) is 12.5. The molecule has 0 bridgehead atoms. The van der Waals surface area contributed by atoms with Crippen molar-refractivity contribution < 1.29 is 4.79 Å². The fourth-order valence-corrected chi connectivity index (χ4v) is 3.06. The van der Waals surface area contributed by atoms with E-state index in [1.54, 1.807) is 0 Å². The minimum Gasteiger partial charge on any atom is -0.301 e. The first-order valence-electron chi connectivity index (χ1n) is 7.01. The molecule has 2 atom stereocenters. The Labute approximate surface area is 120 Å².